The van der Waals surface area contributed by atoms with Crippen molar-refractivity contribution in [2.45, 2.75) is 26.2 Å². The molecule has 0 spiro atoms. The van der Waals surface area contributed by atoms with E-state index in [2.05, 4.69) is 10.6 Å². The molecule has 1 fully saturated rings. The topological polar surface area (TPSA) is 50.4 Å². The van der Waals surface area contributed by atoms with Gasteiger partial charge in [-0.3, -0.25) is 4.79 Å². The third kappa shape index (κ3) is 4.10. The molecule has 0 aromatic carbocycles. The maximum atomic E-state index is 11.9. The maximum Gasteiger partial charge on any atom is 0.309 e. The zero-order valence-electron chi connectivity index (χ0n) is 10.4. The molecule has 0 aromatic heterocycles. The number of nitrogens with one attached hydrogen (secondary N) is 2. The van der Waals surface area contributed by atoms with Crippen LogP contribution in [0, 0.1) is 11.8 Å². The summed E-state index contributed by atoms with van der Waals surface area (Å²) in [5.41, 5.74) is 0. The van der Waals surface area contributed by atoms with Crippen LogP contribution in [0.25, 0.3) is 0 Å². The number of piperidine rings is 1. The molecule has 2 N–H and O–H groups in total. The molecule has 0 aromatic rings. The first kappa shape index (κ1) is 13.5. The second kappa shape index (κ2) is 7.63. The molecule has 4 nitrogen and oxygen atoms in total. The maximum absolute atomic E-state index is 11.9. The summed E-state index contributed by atoms with van der Waals surface area (Å²) in [7, 11) is 1.92. The molecule has 1 heterocycles. The molecular weight excluding hydrogens is 204 g/mol. The van der Waals surface area contributed by atoms with E-state index in [1.165, 1.54) is 0 Å². The highest BCUT2D eigenvalue weighted by atomic mass is 16.5. The van der Waals surface area contributed by atoms with Crippen molar-refractivity contribution >= 4 is 5.97 Å². The highest BCUT2D eigenvalue weighted by Crippen LogP contribution is 2.25. The van der Waals surface area contributed by atoms with Crippen LogP contribution in [0.5, 0.6) is 0 Å². The van der Waals surface area contributed by atoms with Gasteiger partial charge < -0.3 is 15.4 Å². The lowest BCUT2D eigenvalue weighted by Gasteiger charge is -2.29. The van der Waals surface area contributed by atoms with Crippen molar-refractivity contribution in [3.05, 3.63) is 0 Å². The second-order valence-electron chi connectivity index (χ2n) is 4.34. The van der Waals surface area contributed by atoms with E-state index in [1.807, 2.05) is 14.0 Å². The highest BCUT2D eigenvalue weighted by molar-refractivity contribution is 5.72. The van der Waals surface area contributed by atoms with Gasteiger partial charge in [-0.05, 0) is 58.8 Å². The van der Waals surface area contributed by atoms with Gasteiger partial charge in [-0.1, -0.05) is 0 Å². The predicted molar refractivity (Wildman–Crippen MR) is 64.3 cm³/mol. The van der Waals surface area contributed by atoms with Gasteiger partial charge in [0.1, 0.15) is 0 Å². The Kier molecular flexibility index (Phi) is 6.42. The lowest BCUT2D eigenvalue weighted by atomic mass is 9.83. The van der Waals surface area contributed by atoms with Crippen LogP contribution in [0.4, 0.5) is 0 Å². The zero-order valence-corrected chi connectivity index (χ0v) is 10.4. The fourth-order valence-electron chi connectivity index (χ4n) is 2.34. The summed E-state index contributed by atoms with van der Waals surface area (Å²) < 4.78 is 5.17. The monoisotopic (exact) mass is 228 g/mol. The van der Waals surface area contributed by atoms with Crippen molar-refractivity contribution in [2.24, 2.45) is 11.8 Å². The van der Waals surface area contributed by atoms with Gasteiger partial charge in [0.25, 0.3) is 0 Å². The van der Waals surface area contributed by atoms with Crippen LogP contribution in [0.3, 0.4) is 0 Å². The average Bonchev–Trinajstić information content (AvgIpc) is 2.31. The summed E-state index contributed by atoms with van der Waals surface area (Å²) in [6.45, 7) is 5.29. The summed E-state index contributed by atoms with van der Waals surface area (Å²) >= 11 is 0. The number of rotatable bonds is 6. The molecule has 0 aliphatic carbocycles. The molecule has 4 heteroatoms. The van der Waals surface area contributed by atoms with Gasteiger partial charge in [0.15, 0.2) is 0 Å². The van der Waals surface area contributed by atoms with Crippen LogP contribution in [0.15, 0.2) is 0 Å². The standard InChI is InChI=1S/C12H24N2O2/c1-3-16-12(15)11(6-7-13-2)10-4-8-14-9-5-10/h10-11,13-14H,3-9H2,1-2H3. The number of hydrogen-bond acceptors (Lipinski definition) is 4. The van der Waals surface area contributed by atoms with Crippen molar-refractivity contribution in [3.8, 4) is 0 Å². The Hall–Kier alpha value is -0.610. The van der Waals surface area contributed by atoms with Crippen molar-refractivity contribution < 1.29 is 9.53 Å². The van der Waals surface area contributed by atoms with Crippen LogP contribution in [0.2, 0.25) is 0 Å². The minimum absolute atomic E-state index is 0.00958. The van der Waals surface area contributed by atoms with E-state index in [0.717, 1.165) is 38.9 Å². The summed E-state index contributed by atoms with van der Waals surface area (Å²) in [5, 5.41) is 6.44. The number of ether oxygens (including phenoxy) is 1. The molecule has 1 saturated heterocycles. The van der Waals surface area contributed by atoms with Gasteiger partial charge in [0.2, 0.25) is 0 Å². The first-order valence-electron chi connectivity index (χ1n) is 6.31. The number of hydrogen-bond donors (Lipinski definition) is 2. The lowest BCUT2D eigenvalue weighted by molar-refractivity contribution is -0.150. The largest absolute Gasteiger partial charge is 0.466 e. The first-order valence-corrected chi connectivity index (χ1v) is 6.31. The Morgan fingerprint density at radius 1 is 1.50 bits per heavy atom. The fraction of sp³-hybridized carbons (Fsp3) is 0.917. The lowest BCUT2D eigenvalue weighted by Crippen LogP contribution is -2.36. The van der Waals surface area contributed by atoms with Crippen molar-refractivity contribution in [1.82, 2.24) is 10.6 Å². The van der Waals surface area contributed by atoms with Crippen LogP contribution >= 0.6 is 0 Å². The Balaban J connectivity index is 2.50. The summed E-state index contributed by atoms with van der Waals surface area (Å²) in [6.07, 6.45) is 3.07. The van der Waals surface area contributed by atoms with Gasteiger partial charge in [-0.15, -0.1) is 0 Å². The van der Waals surface area contributed by atoms with Crippen LogP contribution in [0.1, 0.15) is 26.2 Å². The quantitative estimate of drug-likeness (QED) is 0.660. The smallest absolute Gasteiger partial charge is 0.309 e. The van der Waals surface area contributed by atoms with E-state index in [9.17, 15) is 4.79 Å². The van der Waals surface area contributed by atoms with E-state index in [-0.39, 0.29) is 11.9 Å². The van der Waals surface area contributed by atoms with Gasteiger partial charge in [0, 0.05) is 0 Å². The number of esters is 1. The summed E-state index contributed by atoms with van der Waals surface area (Å²) in [4.78, 5) is 11.9. The molecule has 1 rings (SSSR count). The molecule has 0 bridgehead atoms. The van der Waals surface area contributed by atoms with E-state index in [4.69, 9.17) is 4.74 Å². The van der Waals surface area contributed by atoms with E-state index >= 15 is 0 Å². The Labute approximate surface area is 98.1 Å². The Bertz CT molecular complexity index is 203. The molecule has 1 unspecified atom stereocenters. The highest BCUT2D eigenvalue weighted by Gasteiger charge is 2.29. The fourth-order valence-corrected chi connectivity index (χ4v) is 2.34. The normalized spacial score (nSPS) is 19.4. The SMILES string of the molecule is CCOC(=O)C(CCNC)C1CCNCC1. The number of carbonyl (C=O) groups is 1. The zero-order chi connectivity index (χ0) is 11.8. The molecule has 0 saturated carbocycles. The molecule has 1 aliphatic rings. The van der Waals surface area contributed by atoms with E-state index < -0.39 is 0 Å². The van der Waals surface area contributed by atoms with Crippen LogP contribution < -0.4 is 10.6 Å². The minimum atomic E-state index is -0.00958. The molecular formula is C12H24N2O2. The summed E-state index contributed by atoms with van der Waals surface area (Å²) in [5.74, 6) is 0.563. The summed E-state index contributed by atoms with van der Waals surface area (Å²) in [6, 6.07) is 0. The Morgan fingerprint density at radius 3 is 2.75 bits per heavy atom. The molecule has 0 radical (unpaired) electrons. The van der Waals surface area contributed by atoms with Gasteiger partial charge in [0.05, 0.1) is 12.5 Å². The van der Waals surface area contributed by atoms with Gasteiger partial charge in [-0.2, -0.15) is 0 Å². The van der Waals surface area contributed by atoms with Gasteiger partial charge in [-0.25, -0.2) is 0 Å². The predicted octanol–water partition coefficient (Wildman–Crippen LogP) is 0.775. The molecule has 0 amide bonds. The van der Waals surface area contributed by atoms with Crippen LogP contribution in [-0.2, 0) is 9.53 Å². The van der Waals surface area contributed by atoms with Crippen molar-refractivity contribution in [3.63, 3.8) is 0 Å². The Morgan fingerprint density at radius 2 is 2.19 bits per heavy atom. The van der Waals surface area contributed by atoms with Crippen LogP contribution in [-0.4, -0.2) is 39.3 Å². The number of carbonyl (C=O) groups excluding carboxylic acids is 1. The van der Waals surface area contributed by atoms with Crippen molar-refractivity contribution in [2.75, 3.05) is 33.3 Å². The van der Waals surface area contributed by atoms with Gasteiger partial charge >= 0.3 is 5.97 Å². The first-order chi connectivity index (χ1) is 7.79. The molecule has 16 heavy (non-hydrogen) atoms. The third-order valence-corrected chi connectivity index (χ3v) is 3.25. The average molecular weight is 228 g/mol. The van der Waals surface area contributed by atoms with Crippen molar-refractivity contribution in [1.29, 1.82) is 0 Å². The second-order valence-corrected chi connectivity index (χ2v) is 4.34. The minimum Gasteiger partial charge on any atom is -0.466 e. The van der Waals surface area contributed by atoms with E-state index in [1.54, 1.807) is 0 Å². The molecule has 1 atom stereocenters. The van der Waals surface area contributed by atoms with E-state index in [0.29, 0.717) is 12.5 Å². The third-order valence-electron chi connectivity index (χ3n) is 3.25. The molecule has 94 valence electrons. The molecule has 1 aliphatic heterocycles.